The van der Waals surface area contributed by atoms with Crippen LogP contribution in [-0.4, -0.2) is 12.4 Å². The molecule has 2 nitrogen and oxygen atoms in total. The molecular formula is C14H19FO2. The van der Waals surface area contributed by atoms with Gasteiger partial charge in [0.1, 0.15) is 11.6 Å². The van der Waals surface area contributed by atoms with Crippen molar-refractivity contribution in [2.45, 2.75) is 33.6 Å². The minimum Gasteiger partial charge on any atom is -0.493 e. The quantitative estimate of drug-likeness (QED) is 0.704. The van der Waals surface area contributed by atoms with Gasteiger partial charge in [0, 0.05) is 6.07 Å². The lowest BCUT2D eigenvalue weighted by atomic mass is 10.1. The number of benzene rings is 1. The fourth-order valence-electron chi connectivity index (χ4n) is 1.61. The molecule has 0 radical (unpaired) electrons. The molecule has 0 saturated heterocycles. The van der Waals surface area contributed by atoms with E-state index >= 15 is 0 Å². The maximum absolute atomic E-state index is 13.5. The van der Waals surface area contributed by atoms with E-state index < -0.39 is 5.82 Å². The number of hydrogen-bond acceptors (Lipinski definition) is 2. The van der Waals surface area contributed by atoms with Crippen molar-refractivity contribution in [3.8, 4) is 5.75 Å². The predicted octanol–water partition coefficient (Wildman–Crippen LogP) is 3.84. The summed E-state index contributed by atoms with van der Waals surface area (Å²) in [5.41, 5.74) is 0.111. The maximum Gasteiger partial charge on any atom is 0.162 e. The molecule has 0 bridgehead atoms. The monoisotopic (exact) mass is 238 g/mol. The first-order chi connectivity index (χ1) is 8.08. The highest BCUT2D eigenvalue weighted by Gasteiger charge is 2.09. The van der Waals surface area contributed by atoms with Gasteiger partial charge in [-0.05, 0) is 25.0 Å². The summed E-state index contributed by atoms with van der Waals surface area (Å²) in [7, 11) is 0. The van der Waals surface area contributed by atoms with Gasteiger partial charge in [0.25, 0.3) is 0 Å². The van der Waals surface area contributed by atoms with Gasteiger partial charge in [0.05, 0.1) is 12.2 Å². The molecule has 0 aliphatic rings. The highest BCUT2D eigenvalue weighted by Crippen LogP contribution is 2.18. The number of rotatable bonds is 6. The number of hydrogen-bond donors (Lipinski definition) is 0. The van der Waals surface area contributed by atoms with Crippen molar-refractivity contribution in [1.29, 1.82) is 0 Å². The molecule has 0 aliphatic carbocycles. The molecule has 0 spiro atoms. The second-order valence-electron chi connectivity index (χ2n) is 4.19. The van der Waals surface area contributed by atoms with E-state index in [1.807, 2.05) is 0 Å². The van der Waals surface area contributed by atoms with Gasteiger partial charge in [0.15, 0.2) is 5.78 Å². The number of halogens is 1. The lowest BCUT2D eigenvalue weighted by Crippen LogP contribution is -2.10. The Labute approximate surface area is 102 Å². The molecule has 0 fully saturated rings. The molecule has 1 aromatic rings. The summed E-state index contributed by atoms with van der Waals surface area (Å²) in [4.78, 5) is 11.1. The topological polar surface area (TPSA) is 26.3 Å². The summed E-state index contributed by atoms with van der Waals surface area (Å²) >= 11 is 0. The first-order valence-electron chi connectivity index (χ1n) is 6.01. The van der Waals surface area contributed by atoms with Crippen LogP contribution in [0.15, 0.2) is 18.2 Å². The number of ether oxygens (including phenoxy) is 1. The molecular weight excluding hydrogens is 219 g/mol. The second kappa shape index (κ2) is 6.38. The zero-order chi connectivity index (χ0) is 12.8. The Kier molecular flexibility index (Phi) is 5.13. The van der Waals surface area contributed by atoms with E-state index in [-0.39, 0.29) is 11.3 Å². The van der Waals surface area contributed by atoms with Crippen molar-refractivity contribution in [2.75, 3.05) is 6.61 Å². The maximum atomic E-state index is 13.5. The van der Waals surface area contributed by atoms with Crippen LogP contribution < -0.4 is 4.74 Å². The average Bonchev–Trinajstić information content (AvgIpc) is 2.30. The normalized spacial score (nSPS) is 10.6. The third-order valence-electron chi connectivity index (χ3n) is 2.96. The van der Waals surface area contributed by atoms with E-state index in [2.05, 4.69) is 13.8 Å². The average molecular weight is 238 g/mol. The van der Waals surface area contributed by atoms with Crippen LogP contribution in [0.5, 0.6) is 5.75 Å². The third kappa shape index (κ3) is 3.84. The van der Waals surface area contributed by atoms with Gasteiger partial charge in [-0.15, -0.1) is 0 Å². The summed E-state index contributed by atoms with van der Waals surface area (Å²) in [5, 5.41) is 0. The standard InChI is InChI=1S/C14H19FO2/c1-4-11(5-2)9-17-12-6-7-13(10(3)16)14(15)8-12/h6-8,11H,4-5,9H2,1-3H3. The molecule has 17 heavy (non-hydrogen) atoms. The summed E-state index contributed by atoms with van der Waals surface area (Å²) in [6.07, 6.45) is 2.09. The molecule has 0 aromatic heterocycles. The Bertz CT molecular complexity index is 384. The van der Waals surface area contributed by atoms with Gasteiger partial charge in [0.2, 0.25) is 0 Å². The minimum absolute atomic E-state index is 0.111. The Balaban J connectivity index is 2.67. The molecule has 0 atom stereocenters. The highest BCUT2D eigenvalue weighted by molar-refractivity contribution is 5.94. The Hall–Kier alpha value is -1.38. The van der Waals surface area contributed by atoms with Crippen LogP contribution in [0.25, 0.3) is 0 Å². The zero-order valence-electron chi connectivity index (χ0n) is 10.6. The van der Waals surface area contributed by atoms with E-state index in [1.165, 1.54) is 19.1 Å². The molecule has 0 unspecified atom stereocenters. The first-order valence-corrected chi connectivity index (χ1v) is 6.01. The van der Waals surface area contributed by atoms with Crippen molar-refractivity contribution in [3.63, 3.8) is 0 Å². The lowest BCUT2D eigenvalue weighted by Gasteiger charge is -2.14. The van der Waals surface area contributed by atoms with Crippen LogP contribution in [0.4, 0.5) is 4.39 Å². The van der Waals surface area contributed by atoms with Crippen LogP contribution in [-0.2, 0) is 0 Å². The van der Waals surface area contributed by atoms with Crippen molar-refractivity contribution in [2.24, 2.45) is 5.92 Å². The Morgan fingerprint density at radius 1 is 1.35 bits per heavy atom. The van der Waals surface area contributed by atoms with Crippen molar-refractivity contribution < 1.29 is 13.9 Å². The summed E-state index contributed by atoms with van der Waals surface area (Å²) in [5.74, 6) is 0.193. The van der Waals surface area contributed by atoms with Gasteiger partial charge in [-0.25, -0.2) is 4.39 Å². The number of carbonyl (C=O) groups is 1. The lowest BCUT2D eigenvalue weighted by molar-refractivity contribution is 0.101. The predicted molar refractivity (Wildman–Crippen MR) is 66.0 cm³/mol. The molecule has 1 aromatic carbocycles. The highest BCUT2D eigenvalue weighted by atomic mass is 19.1. The number of Topliss-reactive ketones (excluding diaryl/α,β-unsaturated/α-hetero) is 1. The van der Waals surface area contributed by atoms with Gasteiger partial charge in [-0.2, -0.15) is 0 Å². The summed E-state index contributed by atoms with van der Waals surface area (Å²) in [6, 6.07) is 4.39. The van der Waals surface area contributed by atoms with E-state index in [0.29, 0.717) is 18.3 Å². The van der Waals surface area contributed by atoms with Crippen molar-refractivity contribution in [1.82, 2.24) is 0 Å². The van der Waals surface area contributed by atoms with Crippen molar-refractivity contribution >= 4 is 5.78 Å². The van der Waals surface area contributed by atoms with E-state index in [9.17, 15) is 9.18 Å². The molecule has 0 amide bonds. The molecule has 0 heterocycles. The second-order valence-corrected chi connectivity index (χ2v) is 4.19. The van der Waals surface area contributed by atoms with E-state index in [1.54, 1.807) is 6.07 Å². The third-order valence-corrected chi connectivity index (χ3v) is 2.96. The summed E-state index contributed by atoms with van der Waals surface area (Å²) in [6.45, 7) is 6.16. The Morgan fingerprint density at radius 3 is 2.47 bits per heavy atom. The van der Waals surface area contributed by atoms with Gasteiger partial charge in [-0.1, -0.05) is 26.7 Å². The van der Waals surface area contributed by atoms with Gasteiger partial charge in [-0.3, -0.25) is 4.79 Å². The van der Waals surface area contributed by atoms with Crippen LogP contribution in [0.2, 0.25) is 0 Å². The molecule has 0 aliphatic heterocycles. The molecule has 3 heteroatoms. The smallest absolute Gasteiger partial charge is 0.162 e. The van der Waals surface area contributed by atoms with Crippen LogP contribution in [0.1, 0.15) is 44.0 Å². The van der Waals surface area contributed by atoms with Crippen LogP contribution in [0, 0.1) is 11.7 Å². The molecule has 0 saturated carbocycles. The van der Waals surface area contributed by atoms with E-state index in [0.717, 1.165) is 12.8 Å². The van der Waals surface area contributed by atoms with Crippen LogP contribution in [0.3, 0.4) is 0 Å². The van der Waals surface area contributed by atoms with Crippen LogP contribution >= 0.6 is 0 Å². The fraction of sp³-hybridized carbons (Fsp3) is 0.500. The number of carbonyl (C=O) groups excluding carboxylic acids is 1. The fourth-order valence-corrected chi connectivity index (χ4v) is 1.61. The van der Waals surface area contributed by atoms with E-state index in [4.69, 9.17) is 4.74 Å². The molecule has 0 N–H and O–H groups in total. The number of ketones is 1. The summed E-state index contributed by atoms with van der Waals surface area (Å²) < 4.78 is 19.0. The Morgan fingerprint density at radius 2 is 2.00 bits per heavy atom. The van der Waals surface area contributed by atoms with Gasteiger partial charge >= 0.3 is 0 Å². The molecule has 94 valence electrons. The zero-order valence-corrected chi connectivity index (χ0v) is 10.6. The largest absolute Gasteiger partial charge is 0.493 e. The molecule has 1 rings (SSSR count). The van der Waals surface area contributed by atoms with Crippen molar-refractivity contribution in [3.05, 3.63) is 29.6 Å². The van der Waals surface area contributed by atoms with Gasteiger partial charge < -0.3 is 4.74 Å². The SMILES string of the molecule is CCC(CC)COc1ccc(C(C)=O)c(F)c1. The minimum atomic E-state index is -0.514. The first kappa shape index (κ1) is 13.7.